The molecule has 5 aromatic rings. The molecule has 1 fully saturated rings. The van der Waals surface area contributed by atoms with Crippen molar-refractivity contribution in [1.82, 2.24) is 39.0 Å². The first-order valence-corrected chi connectivity index (χ1v) is 10.8. The summed E-state index contributed by atoms with van der Waals surface area (Å²) in [5.74, 6) is -0.268. The second-order valence-electron chi connectivity index (χ2n) is 8.22. The van der Waals surface area contributed by atoms with Crippen LogP contribution in [0.4, 0.5) is 4.39 Å². The molecule has 1 aromatic carbocycles. The van der Waals surface area contributed by atoms with Gasteiger partial charge in [0.05, 0.1) is 29.6 Å². The van der Waals surface area contributed by atoms with Crippen molar-refractivity contribution in [2.75, 3.05) is 13.1 Å². The van der Waals surface area contributed by atoms with E-state index in [1.165, 1.54) is 12.1 Å². The number of halogens is 1. The van der Waals surface area contributed by atoms with Crippen LogP contribution in [0.3, 0.4) is 0 Å². The van der Waals surface area contributed by atoms with Crippen LogP contribution < -0.4 is 0 Å². The molecule has 5 heterocycles. The summed E-state index contributed by atoms with van der Waals surface area (Å²) in [5, 5.41) is 4.29. The molecule has 6 rings (SSSR count). The van der Waals surface area contributed by atoms with Crippen molar-refractivity contribution in [1.29, 1.82) is 0 Å². The molecule has 0 amide bonds. The molecule has 8 nitrogen and oxygen atoms in total. The van der Waals surface area contributed by atoms with Crippen LogP contribution in [-0.2, 0) is 6.54 Å². The number of benzene rings is 1. The summed E-state index contributed by atoms with van der Waals surface area (Å²) < 4.78 is 17.5. The van der Waals surface area contributed by atoms with Crippen molar-refractivity contribution in [2.24, 2.45) is 0 Å². The summed E-state index contributed by atoms with van der Waals surface area (Å²) in [4.78, 5) is 20.2. The van der Waals surface area contributed by atoms with Gasteiger partial charge in [0.25, 0.3) is 0 Å². The van der Waals surface area contributed by atoms with Gasteiger partial charge in [0, 0.05) is 61.5 Å². The lowest BCUT2D eigenvalue weighted by Gasteiger charge is -2.18. The molecule has 0 spiro atoms. The fourth-order valence-corrected chi connectivity index (χ4v) is 4.51. The Morgan fingerprint density at radius 2 is 1.91 bits per heavy atom. The van der Waals surface area contributed by atoms with Gasteiger partial charge in [0.15, 0.2) is 5.65 Å². The minimum Gasteiger partial charge on any atom is -0.324 e. The van der Waals surface area contributed by atoms with Crippen molar-refractivity contribution in [3.63, 3.8) is 0 Å². The molecule has 1 unspecified atom stereocenters. The van der Waals surface area contributed by atoms with E-state index in [9.17, 15) is 4.39 Å². The van der Waals surface area contributed by atoms with Crippen LogP contribution >= 0.6 is 0 Å². The molecule has 1 aliphatic rings. The Balaban J connectivity index is 1.30. The average Bonchev–Trinajstić information content (AvgIpc) is 3.59. The molecule has 0 N–H and O–H groups in total. The van der Waals surface area contributed by atoms with Crippen molar-refractivity contribution in [3.8, 4) is 22.6 Å². The summed E-state index contributed by atoms with van der Waals surface area (Å²) in [6.07, 6.45) is 11.8. The molecular weight excluding hydrogens is 419 g/mol. The number of nitrogens with zero attached hydrogens (tertiary/aromatic N) is 8. The Morgan fingerprint density at radius 3 is 2.76 bits per heavy atom. The molecule has 33 heavy (non-hydrogen) atoms. The maximum Gasteiger partial charge on any atom is 0.154 e. The van der Waals surface area contributed by atoms with Crippen LogP contribution in [0, 0.1) is 5.82 Å². The van der Waals surface area contributed by atoms with Crippen molar-refractivity contribution >= 4 is 5.65 Å². The molecule has 0 bridgehead atoms. The highest BCUT2D eigenvalue weighted by Crippen LogP contribution is 2.35. The highest BCUT2D eigenvalue weighted by Gasteiger charge is 2.28. The standard InChI is InChI=1S/C24H21FN8/c25-19-3-1-18(2-4-19)23-24(21-5-8-26-15-28-21)32(16-29-23)20-7-10-31(14-20)12-17-11-27-22-6-9-30-33(22)13-17/h1-6,8-9,11,13,15-16,20H,7,10,12,14H2. The number of hydrogen-bond acceptors (Lipinski definition) is 6. The third kappa shape index (κ3) is 3.76. The van der Waals surface area contributed by atoms with Crippen molar-refractivity contribution in [3.05, 3.63) is 85.2 Å². The molecule has 4 aromatic heterocycles. The second kappa shape index (κ2) is 8.18. The van der Waals surface area contributed by atoms with Gasteiger partial charge in [-0.15, -0.1) is 0 Å². The van der Waals surface area contributed by atoms with Gasteiger partial charge in [0.1, 0.15) is 12.1 Å². The fourth-order valence-electron chi connectivity index (χ4n) is 4.51. The molecule has 0 radical (unpaired) electrons. The Bertz CT molecular complexity index is 1390. The first kappa shape index (κ1) is 19.7. The van der Waals surface area contributed by atoms with E-state index >= 15 is 0 Å². The maximum atomic E-state index is 13.5. The predicted octanol–water partition coefficient (Wildman–Crippen LogP) is 3.64. The zero-order valence-electron chi connectivity index (χ0n) is 17.8. The monoisotopic (exact) mass is 440 g/mol. The van der Waals surface area contributed by atoms with Crippen LogP contribution in [-0.4, -0.2) is 52.1 Å². The van der Waals surface area contributed by atoms with E-state index in [2.05, 4.69) is 29.5 Å². The largest absolute Gasteiger partial charge is 0.324 e. The number of rotatable bonds is 5. The van der Waals surface area contributed by atoms with Crippen molar-refractivity contribution < 1.29 is 4.39 Å². The average molecular weight is 440 g/mol. The van der Waals surface area contributed by atoms with Gasteiger partial charge in [-0.1, -0.05) is 0 Å². The first-order chi connectivity index (χ1) is 16.2. The minimum absolute atomic E-state index is 0.248. The summed E-state index contributed by atoms with van der Waals surface area (Å²) >= 11 is 0. The van der Waals surface area contributed by atoms with E-state index in [-0.39, 0.29) is 11.9 Å². The summed E-state index contributed by atoms with van der Waals surface area (Å²) in [6, 6.07) is 10.5. The lowest BCUT2D eigenvalue weighted by molar-refractivity contribution is 0.315. The number of hydrogen-bond donors (Lipinski definition) is 0. The molecule has 1 aliphatic heterocycles. The minimum atomic E-state index is -0.268. The van der Waals surface area contributed by atoms with E-state index in [0.29, 0.717) is 0 Å². The van der Waals surface area contributed by atoms with Crippen LogP contribution in [0.5, 0.6) is 0 Å². The molecular formula is C24H21FN8. The summed E-state index contributed by atoms with van der Waals surface area (Å²) in [6.45, 7) is 2.66. The van der Waals surface area contributed by atoms with Crippen LogP contribution in [0.25, 0.3) is 28.3 Å². The lowest BCUT2D eigenvalue weighted by Crippen LogP contribution is -2.21. The molecule has 9 heteroatoms. The second-order valence-corrected chi connectivity index (χ2v) is 8.22. The first-order valence-electron chi connectivity index (χ1n) is 10.8. The van der Waals surface area contributed by atoms with Gasteiger partial charge in [-0.25, -0.2) is 28.8 Å². The maximum absolute atomic E-state index is 13.5. The van der Waals surface area contributed by atoms with E-state index in [4.69, 9.17) is 4.98 Å². The highest BCUT2D eigenvalue weighted by molar-refractivity contribution is 5.76. The van der Waals surface area contributed by atoms with E-state index in [1.54, 1.807) is 35.4 Å². The van der Waals surface area contributed by atoms with Gasteiger partial charge < -0.3 is 4.57 Å². The Morgan fingerprint density at radius 1 is 1.00 bits per heavy atom. The smallest absolute Gasteiger partial charge is 0.154 e. The zero-order chi connectivity index (χ0) is 22.2. The summed E-state index contributed by atoms with van der Waals surface area (Å²) in [5.41, 5.74) is 5.35. The molecule has 1 atom stereocenters. The predicted molar refractivity (Wildman–Crippen MR) is 121 cm³/mol. The van der Waals surface area contributed by atoms with Gasteiger partial charge in [-0.3, -0.25) is 4.90 Å². The lowest BCUT2D eigenvalue weighted by atomic mass is 10.1. The number of aromatic nitrogens is 7. The van der Waals surface area contributed by atoms with Crippen molar-refractivity contribution in [2.45, 2.75) is 19.0 Å². The topological polar surface area (TPSA) is 77.0 Å². The Labute approximate surface area is 189 Å². The number of imidazole rings is 1. The zero-order valence-corrected chi connectivity index (χ0v) is 17.8. The van der Waals surface area contributed by atoms with Crippen LogP contribution in [0.2, 0.25) is 0 Å². The van der Waals surface area contributed by atoms with Gasteiger partial charge >= 0.3 is 0 Å². The number of fused-ring (bicyclic) bond motifs is 1. The van der Waals surface area contributed by atoms with E-state index < -0.39 is 0 Å². The van der Waals surface area contributed by atoms with Gasteiger partial charge in [0.2, 0.25) is 0 Å². The molecule has 164 valence electrons. The normalized spacial score (nSPS) is 16.6. The number of likely N-dealkylation sites (tertiary alicyclic amines) is 1. The SMILES string of the molecule is Fc1ccc(-c2ncn(C3CCN(Cc4cnc5ccnn5c4)C3)c2-c2ccncn2)cc1. The third-order valence-corrected chi connectivity index (χ3v) is 6.08. The third-order valence-electron chi connectivity index (χ3n) is 6.08. The van der Waals surface area contributed by atoms with Gasteiger partial charge in [-0.2, -0.15) is 5.10 Å². The van der Waals surface area contributed by atoms with Crippen LogP contribution in [0.15, 0.2) is 73.8 Å². The molecule has 0 saturated carbocycles. The fraction of sp³-hybridized carbons (Fsp3) is 0.208. The van der Waals surface area contributed by atoms with Crippen LogP contribution in [0.1, 0.15) is 18.0 Å². The highest BCUT2D eigenvalue weighted by atomic mass is 19.1. The van der Waals surface area contributed by atoms with E-state index in [0.717, 1.165) is 59.9 Å². The summed E-state index contributed by atoms with van der Waals surface area (Å²) in [7, 11) is 0. The van der Waals surface area contributed by atoms with Gasteiger partial charge in [-0.05, 0) is 36.8 Å². The Kier molecular flexibility index (Phi) is 4.88. The van der Waals surface area contributed by atoms with E-state index in [1.807, 2.05) is 30.9 Å². The molecule has 0 aliphatic carbocycles. The molecule has 1 saturated heterocycles. The quantitative estimate of drug-likeness (QED) is 0.415. The Hall–Kier alpha value is -3.98.